The van der Waals surface area contributed by atoms with Crippen molar-refractivity contribution in [2.45, 2.75) is 19.5 Å². The number of rotatable bonds is 4. The molecule has 3 N–H and O–H groups in total. The van der Waals surface area contributed by atoms with Gasteiger partial charge in [-0.3, -0.25) is 4.79 Å². The molecule has 0 fully saturated rings. The zero-order valence-electron chi connectivity index (χ0n) is 10.2. The summed E-state index contributed by atoms with van der Waals surface area (Å²) >= 11 is 1.64. The van der Waals surface area contributed by atoms with Gasteiger partial charge in [-0.25, -0.2) is 0 Å². The van der Waals surface area contributed by atoms with Crippen LogP contribution in [0.25, 0.3) is 0 Å². The molecule has 3 nitrogen and oxygen atoms in total. The van der Waals surface area contributed by atoms with E-state index in [0.29, 0.717) is 6.54 Å². The summed E-state index contributed by atoms with van der Waals surface area (Å²) in [6.07, 6.45) is 0. The second kappa shape index (κ2) is 5.80. The van der Waals surface area contributed by atoms with Crippen molar-refractivity contribution < 1.29 is 4.79 Å². The van der Waals surface area contributed by atoms with Crippen LogP contribution >= 0.6 is 11.3 Å². The smallest absolute Gasteiger partial charge is 0.241 e. The number of amides is 1. The van der Waals surface area contributed by atoms with Gasteiger partial charge in [0.05, 0.1) is 6.54 Å². The summed E-state index contributed by atoms with van der Waals surface area (Å²) < 4.78 is 0. The number of hydrogen-bond donors (Lipinski definition) is 2. The van der Waals surface area contributed by atoms with E-state index >= 15 is 0 Å². The zero-order valence-corrected chi connectivity index (χ0v) is 11.0. The molecule has 1 aromatic heterocycles. The summed E-state index contributed by atoms with van der Waals surface area (Å²) in [5.41, 5.74) is 7.94. The fourth-order valence-electron chi connectivity index (χ4n) is 1.67. The van der Waals surface area contributed by atoms with Crippen molar-refractivity contribution in [1.29, 1.82) is 0 Å². The van der Waals surface area contributed by atoms with E-state index in [2.05, 4.69) is 5.32 Å². The lowest BCUT2D eigenvalue weighted by atomic mass is 10.1. The summed E-state index contributed by atoms with van der Waals surface area (Å²) in [4.78, 5) is 13.1. The van der Waals surface area contributed by atoms with Crippen LogP contribution in [0.4, 0.5) is 0 Å². The van der Waals surface area contributed by atoms with Crippen LogP contribution in [0.2, 0.25) is 0 Å². The van der Waals surface area contributed by atoms with E-state index in [4.69, 9.17) is 5.73 Å². The second-order valence-electron chi connectivity index (χ2n) is 4.13. The fraction of sp³-hybridized carbons (Fsp3) is 0.214. The van der Waals surface area contributed by atoms with Gasteiger partial charge in [0.15, 0.2) is 0 Å². The van der Waals surface area contributed by atoms with Gasteiger partial charge in [-0.2, -0.15) is 0 Å². The van der Waals surface area contributed by atoms with E-state index < -0.39 is 6.04 Å². The molecule has 2 rings (SSSR count). The number of nitrogens with two attached hydrogens (primary N) is 1. The summed E-state index contributed by atoms with van der Waals surface area (Å²) in [6, 6.07) is 10.8. The van der Waals surface area contributed by atoms with E-state index in [-0.39, 0.29) is 5.91 Å². The summed E-state index contributed by atoms with van der Waals surface area (Å²) in [5.74, 6) is -0.144. The Morgan fingerprint density at radius 3 is 2.67 bits per heavy atom. The van der Waals surface area contributed by atoms with Crippen molar-refractivity contribution in [3.05, 3.63) is 57.8 Å². The first-order valence-corrected chi connectivity index (χ1v) is 6.67. The van der Waals surface area contributed by atoms with E-state index in [1.807, 2.05) is 48.7 Å². The third kappa shape index (κ3) is 2.97. The standard InChI is InChI=1S/C14H16N2OS/c1-10-7-8-18-12(10)9-16-14(17)13(15)11-5-3-2-4-6-11/h2-8,13H,9,15H2,1H3,(H,16,17)/t13-/m1/s1. The maximum Gasteiger partial charge on any atom is 0.241 e. The monoisotopic (exact) mass is 260 g/mol. The highest BCUT2D eigenvalue weighted by molar-refractivity contribution is 7.10. The topological polar surface area (TPSA) is 55.1 Å². The molecule has 4 heteroatoms. The average Bonchev–Trinajstić information content (AvgIpc) is 2.81. The molecule has 0 saturated heterocycles. The zero-order chi connectivity index (χ0) is 13.0. The SMILES string of the molecule is Cc1ccsc1CNC(=O)[C@H](N)c1ccccc1. The maximum atomic E-state index is 11.9. The van der Waals surface area contributed by atoms with Gasteiger partial charge < -0.3 is 11.1 Å². The van der Waals surface area contributed by atoms with Gasteiger partial charge in [0.1, 0.15) is 6.04 Å². The average molecular weight is 260 g/mol. The molecule has 0 bridgehead atoms. The minimum absolute atomic E-state index is 0.144. The lowest BCUT2D eigenvalue weighted by molar-refractivity contribution is -0.122. The molecule has 0 radical (unpaired) electrons. The van der Waals surface area contributed by atoms with Gasteiger partial charge in [-0.15, -0.1) is 11.3 Å². The molecule has 0 unspecified atom stereocenters. The first kappa shape index (κ1) is 12.8. The quantitative estimate of drug-likeness (QED) is 0.886. The Kier molecular flexibility index (Phi) is 4.12. The number of aryl methyl sites for hydroxylation is 1. The highest BCUT2D eigenvalue weighted by atomic mass is 32.1. The number of thiophene rings is 1. The van der Waals surface area contributed by atoms with E-state index in [0.717, 1.165) is 5.56 Å². The largest absolute Gasteiger partial charge is 0.350 e. The first-order chi connectivity index (χ1) is 8.68. The van der Waals surface area contributed by atoms with Crippen molar-refractivity contribution in [1.82, 2.24) is 5.32 Å². The molecule has 1 amide bonds. The van der Waals surface area contributed by atoms with Crippen LogP contribution in [-0.4, -0.2) is 5.91 Å². The highest BCUT2D eigenvalue weighted by Crippen LogP contribution is 2.15. The van der Waals surface area contributed by atoms with Gasteiger partial charge in [0.25, 0.3) is 0 Å². The Morgan fingerprint density at radius 1 is 1.33 bits per heavy atom. The Labute approximate surface area is 111 Å². The normalized spacial score (nSPS) is 12.1. The Morgan fingerprint density at radius 2 is 2.06 bits per heavy atom. The van der Waals surface area contributed by atoms with Crippen LogP contribution in [0.1, 0.15) is 22.0 Å². The van der Waals surface area contributed by atoms with Crippen LogP contribution < -0.4 is 11.1 Å². The molecule has 0 aliphatic carbocycles. The van der Waals surface area contributed by atoms with Gasteiger partial charge in [-0.05, 0) is 29.5 Å². The molecule has 0 aliphatic rings. The number of benzene rings is 1. The number of carbonyl (C=O) groups excluding carboxylic acids is 1. The maximum absolute atomic E-state index is 11.9. The van der Waals surface area contributed by atoms with Gasteiger partial charge in [0, 0.05) is 4.88 Å². The molecule has 18 heavy (non-hydrogen) atoms. The van der Waals surface area contributed by atoms with Crippen LogP contribution in [0.15, 0.2) is 41.8 Å². The number of hydrogen-bond acceptors (Lipinski definition) is 3. The second-order valence-corrected chi connectivity index (χ2v) is 5.13. The third-order valence-electron chi connectivity index (χ3n) is 2.83. The Balaban J connectivity index is 1.95. The Bertz CT molecular complexity index is 522. The van der Waals surface area contributed by atoms with Crippen LogP contribution in [0.5, 0.6) is 0 Å². The molecule has 1 atom stereocenters. The van der Waals surface area contributed by atoms with Crippen molar-refractivity contribution >= 4 is 17.2 Å². The van der Waals surface area contributed by atoms with Gasteiger partial charge in [0.2, 0.25) is 5.91 Å². The minimum Gasteiger partial charge on any atom is -0.350 e. The highest BCUT2D eigenvalue weighted by Gasteiger charge is 2.15. The van der Waals surface area contributed by atoms with E-state index in [9.17, 15) is 4.79 Å². The molecule has 0 saturated carbocycles. The van der Waals surface area contributed by atoms with Gasteiger partial charge in [-0.1, -0.05) is 30.3 Å². The molecule has 94 valence electrons. The molecule has 0 aliphatic heterocycles. The molecular formula is C14H16N2OS. The molecular weight excluding hydrogens is 244 g/mol. The first-order valence-electron chi connectivity index (χ1n) is 5.79. The van der Waals surface area contributed by atoms with Gasteiger partial charge >= 0.3 is 0 Å². The predicted molar refractivity (Wildman–Crippen MR) is 74.3 cm³/mol. The summed E-state index contributed by atoms with van der Waals surface area (Å²) in [7, 11) is 0. The van der Waals surface area contributed by atoms with E-state index in [1.54, 1.807) is 11.3 Å². The summed E-state index contributed by atoms with van der Waals surface area (Å²) in [5, 5.41) is 4.89. The summed E-state index contributed by atoms with van der Waals surface area (Å²) in [6.45, 7) is 2.58. The predicted octanol–water partition coefficient (Wildman–Crippen LogP) is 2.37. The fourth-order valence-corrected chi connectivity index (χ4v) is 2.52. The molecule has 1 aromatic carbocycles. The minimum atomic E-state index is -0.605. The third-order valence-corrected chi connectivity index (χ3v) is 3.86. The van der Waals surface area contributed by atoms with Crippen LogP contribution in [0, 0.1) is 6.92 Å². The van der Waals surface area contributed by atoms with Crippen molar-refractivity contribution in [3.63, 3.8) is 0 Å². The molecule has 1 heterocycles. The van der Waals surface area contributed by atoms with Crippen molar-refractivity contribution in [3.8, 4) is 0 Å². The molecule has 0 spiro atoms. The lowest BCUT2D eigenvalue weighted by Crippen LogP contribution is -2.33. The molecule has 2 aromatic rings. The lowest BCUT2D eigenvalue weighted by Gasteiger charge is -2.12. The van der Waals surface area contributed by atoms with E-state index in [1.165, 1.54) is 10.4 Å². The Hall–Kier alpha value is -1.65. The van der Waals surface area contributed by atoms with Crippen LogP contribution in [-0.2, 0) is 11.3 Å². The van der Waals surface area contributed by atoms with Crippen molar-refractivity contribution in [2.24, 2.45) is 5.73 Å². The van der Waals surface area contributed by atoms with Crippen molar-refractivity contribution in [2.75, 3.05) is 0 Å². The number of carbonyl (C=O) groups is 1. The number of nitrogens with one attached hydrogen (secondary N) is 1. The van der Waals surface area contributed by atoms with Crippen LogP contribution in [0.3, 0.4) is 0 Å².